The fourth-order valence-electron chi connectivity index (χ4n) is 3.90. The van der Waals surface area contributed by atoms with Gasteiger partial charge in [0.15, 0.2) is 0 Å². The summed E-state index contributed by atoms with van der Waals surface area (Å²) in [5.74, 6) is 0.264. The van der Waals surface area contributed by atoms with Crippen LogP contribution in [0.4, 0.5) is 21.9 Å². The molecule has 2 heterocycles. The fraction of sp³-hybridized carbons (Fsp3) is 0.240. The quantitative estimate of drug-likeness (QED) is 0.408. The van der Waals surface area contributed by atoms with Gasteiger partial charge in [-0.15, -0.1) is 0 Å². The number of amides is 3. The van der Waals surface area contributed by atoms with E-state index >= 15 is 0 Å². The van der Waals surface area contributed by atoms with Crippen molar-refractivity contribution in [3.8, 4) is 0 Å². The van der Waals surface area contributed by atoms with E-state index in [9.17, 15) is 9.59 Å². The van der Waals surface area contributed by atoms with Gasteiger partial charge in [-0.2, -0.15) is 0 Å². The third kappa shape index (κ3) is 6.40. The molecule has 0 saturated carbocycles. The molecule has 7 nitrogen and oxygen atoms in total. The number of urea groups is 1. The lowest BCUT2D eigenvalue weighted by atomic mass is 9.96. The van der Waals surface area contributed by atoms with Gasteiger partial charge in [0.2, 0.25) is 0 Å². The van der Waals surface area contributed by atoms with E-state index in [4.69, 9.17) is 23.2 Å². The summed E-state index contributed by atoms with van der Waals surface area (Å²) < 4.78 is 0. The Labute approximate surface area is 208 Å². The molecule has 0 atom stereocenters. The fourth-order valence-corrected chi connectivity index (χ4v) is 4.36. The number of hydrogen-bond donors (Lipinski definition) is 3. The number of pyridine rings is 1. The lowest BCUT2D eigenvalue weighted by Gasteiger charge is -2.33. The SMILES string of the molecule is O=C(Nc1cccc(C(=O)NCC2CCN(c3ccncc3)CC2)c1)Nc1ccc(Cl)cc1Cl. The number of rotatable bonds is 6. The topological polar surface area (TPSA) is 86.4 Å². The minimum absolute atomic E-state index is 0.165. The van der Waals surface area contributed by atoms with E-state index in [1.54, 1.807) is 54.9 Å². The lowest BCUT2D eigenvalue weighted by Crippen LogP contribution is -2.38. The normalized spacial score (nSPS) is 13.9. The Bertz CT molecular complexity index is 1150. The molecule has 0 radical (unpaired) electrons. The molecule has 3 N–H and O–H groups in total. The molecule has 0 unspecified atom stereocenters. The number of nitrogens with one attached hydrogen (secondary N) is 3. The van der Waals surface area contributed by atoms with Crippen molar-refractivity contribution in [2.75, 3.05) is 35.2 Å². The summed E-state index contributed by atoms with van der Waals surface area (Å²) in [5.41, 5.74) is 2.61. The number of anilines is 3. The third-order valence-corrected chi connectivity index (χ3v) is 6.30. The number of carbonyl (C=O) groups excluding carboxylic acids is 2. The molecule has 1 aliphatic rings. The third-order valence-electron chi connectivity index (χ3n) is 5.76. The highest BCUT2D eigenvalue weighted by atomic mass is 35.5. The second-order valence-electron chi connectivity index (χ2n) is 8.13. The van der Waals surface area contributed by atoms with E-state index in [0.29, 0.717) is 39.4 Å². The van der Waals surface area contributed by atoms with Crippen LogP contribution in [0.15, 0.2) is 67.0 Å². The summed E-state index contributed by atoms with van der Waals surface area (Å²) in [7, 11) is 0. The molecule has 2 aromatic carbocycles. The van der Waals surface area contributed by atoms with Crippen LogP contribution in [0.2, 0.25) is 10.0 Å². The predicted octanol–water partition coefficient (Wildman–Crippen LogP) is 5.68. The van der Waals surface area contributed by atoms with Crippen molar-refractivity contribution < 1.29 is 9.59 Å². The van der Waals surface area contributed by atoms with Crippen molar-refractivity contribution in [3.63, 3.8) is 0 Å². The molecular weight excluding hydrogens is 473 g/mol. The molecule has 1 fully saturated rings. The number of halogens is 2. The number of nitrogens with zero attached hydrogens (tertiary/aromatic N) is 2. The van der Waals surface area contributed by atoms with Crippen molar-refractivity contribution in [2.45, 2.75) is 12.8 Å². The Morgan fingerprint density at radius 2 is 1.74 bits per heavy atom. The summed E-state index contributed by atoms with van der Waals surface area (Å²) in [6, 6.07) is 15.2. The minimum atomic E-state index is -0.470. The van der Waals surface area contributed by atoms with E-state index in [0.717, 1.165) is 25.9 Å². The number of carbonyl (C=O) groups is 2. The Morgan fingerprint density at radius 1 is 0.971 bits per heavy atom. The van der Waals surface area contributed by atoms with Gasteiger partial charge in [-0.05, 0) is 67.3 Å². The second kappa shape index (κ2) is 11.2. The van der Waals surface area contributed by atoms with E-state index < -0.39 is 6.03 Å². The second-order valence-corrected chi connectivity index (χ2v) is 8.97. The molecule has 1 aromatic heterocycles. The molecule has 176 valence electrons. The van der Waals surface area contributed by atoms with Crippen molar-refractivity contribution in [1.82, 2.24) is 10.3 Å². The van der Waals surface area contributed by atoms with Gasteiger partial charge in [0, 0.05) is 54.0 Å². The van der Waals surface area contributed by atoms with Crippen molar-refractivity contribution in [3.05, 3.63) is 82.6 Å². The van der Waals surface area contributed by atoms with Crippen LogP contribution in [0, 0.1) is 5.92 Å². The van der Waals surface area contributed by atoms with Crippen LogP contribution in [-0.4, -0.2) is 36.6 Å². The maximum Gasteiger partial charge on any atom is 0.323 e. The van der Waals surface area contributed by atoms with Crippen LogP contribution in [0.25, 0.3) is 0 Å². The van der Waals surface area contributed by atoms with Gasteiger partial charge in [-0.3, -0.25) is 9.78 Å². The maximum absolute atomic E-state index is 12.7. The zero-order valence-electron chi connectivity index (χ0n) is 18.4. The van der Waals surface area contributed by atoms with Crippen LogP contribution < -0.4 is 20.9 Å². The van der Waals surface area contributed by atoms with E-state index in [1.165, 1.54) is 5.69 Å². The molecule has 9 heteroatoms. The Kier molecular flexibility index (Phi) is 7.87. The highest BCUT2D eigenvalue weighted by Crippen LogP contribution is 2.26. The van der Waals surface area contributed by atoms with Crippen LogP contribution in [-0.2, 0) is 0 Å². The van der Waals surface area contributed by atoms with Crippen molar-refractivity contribution in [1.29, 1.82) is 0 Å². The molecule has 1 saturated heterocycles. The maximum atomic E-state index is 12.7. The van der Waals surface area contributed by atoms with Gasteiger partial charge >= 0.3 is 6.03 Å². The predicted molar refractivity (Wildman–Crippen MR) is 137 cm³/mol. The summed E-state index contributed by atoms with van der Waals surface area (Å²) >= 11 is 12.0. The van der Waals surface area contributed by atoms with Gasteiger partial charge in [0.25, 0.3) is 5.91 Å². The number of hydrogen-bond acceptors (Lipinski definition) is 4. The first-order valence-electron chi connectivity index (χ1n) is 11.0. The van der Waals surface area contributed by atoms with E-state index in [1.807, 2.05) is 12.1 Å². The zero-order chi connectivity index (χ0) is 23.9. The average Bonchev–Trinajstić information content (AvgIpc) is 2.85. The van der Waals surface area contributed by atoms with Crippen LogP contribution >= 0.6 is 23.2 Å². The van der Waals surface area contributed by atoms with Crippen molar-refractivity contribution >= 4 is 52.2 Å². The first-order chi connectivity index (χ1) is 16.5. The Balaban J connectivity index is 1.26. The first-order valence-corrected chi connectivity index (χ1v) is 11.8. The molecule has 0 spiro atoms. The molecule has 4 rings (SSSR count). The number of aromatic nitrogens is 1. The largest absolute Gasteiger partial charge is 0.371 e. The summed E-state index contributed by atoms with van der Waals surface area (Å²) in [4.78, 5) is 31.4. The number of benzene rings is 2. The molecule has 3 aromatic rings. The molecule has 1 aliphatic heterocycles. The molecular formula is C25H25Cl2N5O2. The van der Waals surface area contributed by atoms with Gasteiger partial charge in [0.05, 0.1) is 10.7 Å². The minimum Gasteiger partial charge on any atom is -0.371 e. The van der Waals surface area contributed by atoms with Gasteiger partial charge < -0.3 is 20.9 Å². The van der Waals surface area contributed by atoms with Crippen LogP contribution in [0.1, 0.15) is 23.2 Å². The summed E-state index contributed by atoms with van der Waals surface area (Å²) in [5, 5.41) is 9.24. The zero-order valence-corrected chi connectivity index (χ0v) is 19.9. The van der Waals surface area contributed by atoms with Gasteiger partial charge in [0.1, 0.15) is 0 Å². The van der Waals surface area contributed by atoms with Crippen LogP contribution in [0.3, 0.4) is 0 Å². The number of piperidine rings is 1. The van der Waals surface area contributed by atoms with E-state index in [-0.39, 0.29) is 5.91 Å². The first kappa shape index (κ1) is 23.9. The molecule has 34 heavy (non-hydrogen) atoms. The summed E-state index contributed by atoms with van der Waals surface area (Å²) in [6.07, 6.45) is 5.64. The van der Waals surface area contributed by atoms with E-state index in [2.05, 4.69) is 25.8 Å². The smallest absolute Gasteiger partial charge is 0.323 e. The molecule has 3 amide bonds. The Hall–Kier alpha value is -3.29. The highest BCUT2D eigenvalue weighted by Gasteiger charge is 2.20. The molecule has 0 bridgehead atoms. The Morgan fingerprint density at radius 3 is 2.47 bits per heavy atom. The highest BCUT2D eigenvalue weighted by molar-refractivity contribution is 6.36. The van der Waals surface area contributed by atoms with Crippen molar-refractivity contribution in [2.24, 2.45) is 5.92 Å². The van der Waals surface area contributed by atoms with Gasteiger partial charge in [-0.1, -0.05) is 29.3 Å². The summed E-state index contributed by atoms with van der Waals surface area (Å²) in [6.45, 7) is 2.53. The van der Waals surface area contributed by atoms with Gasteiger partial charge in [-0.25, -0.2) is 4.79 Å². The average molecular weight is 498 g/mol. The van der Waals surface area contributed by atoms with Crippen LogP contribution in [0.5, 0.6) is 0 Å². The lowest BCUT2D eigenvalue weighted by molar-refractivity contribution is 0.0945. The molecule has 0 aliphatic carbocycles. The monoisotopic (exact) mass is 497 g/mol. The standard InChI is InChI=1S/C25H25Cl2N5O2/c26-19-4-5-23(22(27)15-19)31-25(34)30-20-3-1-2-18(14-20)24(33)29-16-17-8-12-32(13-9-17)21-6-10-28-11-7-21/h1-7,10-11,14-15,17H,8-9,12-13,16H2,(H,29,33)(H2,30,31,34).